The molecule has 1 amide bonds. The van der Waals surface area contributed by atoms with Crippen molar-refractivity contribution in [3.63, 3.8) is 0 Å². The van der Waals surface area contributed by atoms with Crippen LogP contribution in [0.25, 0.3) is 0 Å². The fourth-order valence-corrected chi connectivity index (χ4v) is 4.46. The Kier molecular flexibility index (Phi) is 2.92. The van der Waals surface area contributed by atoms with Gasteiger partial charge in [-0.2, -0.15) is 0 Å². The Hall–Kier alpha value is -0.570. The van der Waals surface area contributed by atoms with Gasteiger partial charge in [0.15, 0.2) is 0 Å². The lowest BCUT2D eigenvalue weighted by atomic mass is 9.83. The molecule has 0 radical (unpaired) electrons. The molecule has 0 bridgehead atoms. The van der Waals surface area contributed by atoms with Gasteiger partial charge in [0.05, 0.1) is 5.41 Å². The predicted molar refractivity (Wildman–Crippen MR) is 72.0 cm³/mol. The second kappa shape index (κ2) is 4.22. The molecule has 2 atom stereocenters. The Balaban J connectivity index is 1.71. The summed E-state index contributed by atoms with van der Waals surface area (Å²) in [5.41, 5.74) is 6.39. The lowest BCUT2D eigenvalue weighted by Crippen LogP contribution is -2.49. The van der Waals surface area contributed by atoms with Crippen molar-refractivity contribution in [2.24, 2.45) is 16.6 Å². The van der Waals surface area contributed by atoms with E-state index in [0.29, 0.717) is 11.3 Å². The van der Waals surface area contributed by atoms with Crippen LogP contribution in [0.1, 0.15) is 58.3 Å². The second-order valence-electron chi connectivity index (χ2n) is 7.10. The van der Waals surface area contributed by atoms with Crippen LogP contribution >= 0.6 is 0 Å². The minimum Gasteiger partial charge on any atom is -0.342 e. The highest BCUT2D eigenvalue weighted by atomic mass is 16.2. The Labute approximate surface area is 110 Å². The predicted octanol–water partition coefficient (Wildman–Crippen LogP) is 2.30. The smallest absolute Gasteiger partial charge is 0.230 e. The summed E-state index contributed by atoms with van der Waals surface area (Å²) in [5.74, 6) is 0.344. The van der Waals surface area contributed by atoms with Crippen LogP contribution in [0, 0.1) is 10.8 Å². The fourth-order valence-electron chi connectivity index (χ4n) is 4.46. The quantitative estimate of drug-likeness (QED) is 0.776. The van der Waals surface area contributed by atoms with E-state index in [9.17, 15) is 4.79 Å². The van der Waals surface area contributed by atoms with Gasteiger partial charge in [-0.05, 0) is 44.4 Å². The average Bonchev–Trinajstić information content (AvgIpc) is 3.05. The molecule has 18 heavy (non-hydrogen) atoms. The van der Waals surface area contributed by atoms with Crippen LogP contribution in [-0.4, -0.2) is 29.9 Å². The standard InChI is InChI=1S/C15H26N2O/c1-14(6-4-5-12(14)16)13(18)17-10-9-15(11-17)7-2-3-8-15/h12H,2-11,16H2,1H3. The van der Waals surface area contributed by atoms with E-state index in [-0.39, 0.29) is 11.5 Å². The van der Waals surface area contributed by atoms with E-state index >= 15 is 0 Å². The third-order valence-electron chi connectivity index (χ3n) is 5.91. The van der Waals surface area contributed by atoms with Crippen molar-refractivity contribution in [3.8, 4) is 0 Å². The van der Waals surface area contributed by atoms with Crippen LogP contribution in [0.4, 0.5) is 0 Å². The van der Waals surface area contributed by atoms with E-state index in [1.807, 2.05) is 0 Å². The van der Waals surface area contributed by atoms with E-state index in [2.05, 4.69) is 11.8 Å². The van der Waals surface area contributed by atoms with E-state index < -0.39 is 0 Å². The number of hydrogen-bond acceptors (Lipinski definition) is 2. The summed E-state index contributed by atoms with van der Waals surface area (Å²) in [6, 6.07) is 0.0742. The molecule has 3 fully saturated rings. The molecule has 0 aromatic heterocycles. The van der Waals surface area contributed by atoms with Crippen LogP contribution in [0.15, 0.2) is 0 Å². The van der Waals surface area contributed by atoms with Crippen molar-refractivity contribution in [3.05, 3.63) is 0 Å². The SMILES string of the molecule is CC1(C(=O)N2CCC3(CCCC3)C2)CCCC1N. The van der Waals surface area contributed by atoms with E-state index in [1.165, 1.54) is 32.1 Å². The lowest BCUT2D eigenvalue weighted by molar-refractivity contribution is -0.141. The van der Waals surface area contributed by atoms with Crippen molar-refractivity contribution < 1.29 is 4.79 Å². The second-order valence-corrected chi connectivity index (χ2v) is 7.10. The van der Waals surface area contributed by atoms with Gasteiger partial charge in [0.1, 0.15) is 0 Å². The molecule has 1 aliphatic heterocycles. The molecule has 102 valence electrons. The molecule has 2 N–H and O–H groups in total. The molecule has 2 saturated carbocycles. The maximum absolute atomic E-state index is 12.8. The highest BCUT2D eigenvalue weighted by molar-refractivity contribution is 5.84. The maximum atomic E-state index is 12.8. The number of carbonyl (C=O) groups excluding carboxylic acids is 1. The lowest BCUT2D eigenvalue weighted by Gasteiger charge is -2.33. The third-order valence-corrected chi connectivity index (χ3v) is 5.91. The molecule has 3 aliphatic rings. The monoisotopic (exact) mass is 250 g/mol. The summed E-state index contributed by atoms with van der Waals surface area (Å²) >= 11 is 0. The zero-order chi connectivity index (χ0) is 12.8. The molecule has 2 unspecified atom stereocenters. The third kappa shape index (κ3) is 1.78. The van der Waals surface area contributed by atoms with Crippen LogP contribution in [-0.2, 0) is 4.79 Å². The van der Waals surface area contributed by atoms with Crippen LogP contribution < -0.4 is 5.73 Å². The largest absolute Gasteiger partial charge is 0.342 e. The zero-order valence-electron chi connectivity index (χ0n) is 11.6. The number of likely N-dealkylation sites (tertiary alicyclic amines) is 1. The zero-order valence-corrected chi connectivity index (χ0v) is 11.6. The van der Waals surface area contributed by atoms with Gasteiger partial charge < -0.3 is 10.6 Å². The fraction of sp³-hybridized carbons (Fsp3) is 0.933. The topological polar surface area (TPSA) is 46.3 Å². The number of rotatable bonds is 1. The van der Waals surface area contributed by atoms with Crippen molar-refractivity contribution in [2.45, 2.75) is 64.3 Å². The molecule has 0 aromatic carbocycles. The average molecular weight is 250 g/mol. The molecular formula is C15H26N2O. The molecule has 1 spiro atoms. The van der Waals surface area contributed by atoms with Gasteiger partial charge in [0.2, 0.25) is 5.91 Å². The van der Waals surface area contributed by atoms with E-state index in [0.717, 1.165) is 32.4 Å². The minimum atomic E-state index is -0.274. The van der Waals surface area contributed by atoms with Gasteiger partial charge in [-0.3, -0.25) is 4.79 Å². The summed E-state index contributed by atoms with van der Waals surface area (Å²) in [5, 5.41) is 0. The first-order valence-electron chi connectivity index (χ1n) is 7.61. The van der Waals surface area contributed by atoms with Crippen molar-refractivity contribution in [2.75, 3.05) is 13.1 Å². The number of nitrogens with two attached hydrogens (primary N) is 1. The molecule has 1 heterocycles. The first kappa shape index (κ1) is 12.5. The van der Waals surface area contributed by atoms with Gasteiger partial charge >= 0.3 is 0 Å². The Morgan fingerprint density at radius 3 is 2.50 bits per heavy atom. The van der Waals surface area contributed by atoms with Gasteiger partial charge in [-0.1, -0.05) is 19.3 Å². The van der Waals surface area contributed by atoms with E-state index in [4.69, 9.17) is 5.73 Å². The van der Waals surface area contributed by atoms with Gasteiger partial charge in [-0.15, -0.1) is 0 Å². The Morgan fingerprint density at radius 2 is 1.89 bits per heavy atom. The first-order chi connectivity index (χ1) is 8.56. The van der Waals surface area contributed by atoms with Crippen LogP contribution in [0.2, 0.25) is 0 Å². The minimum absolute atomic E-state index is 0.0742. The molecule has 1 saturated heterocycles. The normalized spacial score (nSPS) is 38.8. The Bertz CT molecular complexity index is 348. The van der Waals surface area contributed by atoms with E-state index in [1.54, 1.807) is 0 Å². The van der Waals surface area contributed by atoms with Crippen molar-refractivity contribution in [1.29, 1.82) is 0 Å². The van der Waals surface area contributed by atoms with Crippen LogP contribution in [0.3, 0.4) is 0 Å². The summed E-state index contributed by atoms with van der Waals surface area (Å²) < 4.78 is 0. The number of nitrogens with zero attached hydrogens (tertiary/aromatic N) is 1. The molecule has 0 aromatic rings. The first-order valence-corrected chi connectivity index (χ1v) is 7.61. The number of carbonyl (C=O) groups is 1. The summed E-state index contributed by atoms with van der Waals surface area (Å²) in [4.78, 5) is 14.9. The summed E-state index contributed by atoms with van der Waals surface area (Å²) in [6.45, 7) is 4.07. The Morgan fingerprint density at radius 1 is 1.17 bits per heavy atom. The summed E-state index contributed by atoms with van der Waals surface area (Å²) in [7, 11) is 0. The highest BCUT2D eigenvalue weighted by Crippen LogP contribution is 2.47. The van der Waals surface area contributed by atoms with Crippen molar-refractivity contribution >= 4 is 5.91 Å². The maximum Gasteiger partial charge on any atom is 0.230 e. The van der Waals surface area contributed by atoms with Crippen molar-refractivity contribution in [1.82, 2.24) is 4.90 Å². The van der Waals surface area contributed by atoms with Gasteiger partial charge in [-0.25, -0.2) is 0 Å². The number of amides is 1. The summed E-state index contributed by atoms with van der Waals surface area (Å²) in [6.07, 6.45) is 9.72. The highest BCUT2D eigenvalue weighted by Gasteiger charge is 2.49. The van der Waals surface area contributed by atoms with Gasteiger partial charge in [0.25, 0.3) is 0 Å². The molecule has 3 rings (SSSR count). The molecule has 3 nitrogen and oxygen atoms in total. The molecular weight excluding hydrogens is 224 g/mol. The number of hydrogen-bond donors (Lipinski definition) is 1. The van der Waals surface area contributed by atoms with Gasteiger partial charge in [0, 0.05) is 19.1 Å². The molecule has 2 aliphatic carbocycles. The van der Waals surface area contributed by atoms with Crippen LogP contribution in [0.5, 0.6) is 0 Å². The molecule has 3 heteroatoms.